The Morgan fingerprint density at radius 2 is 1.94 bits per heavy atom. The number of hydrogen-bond donors (Lipinski definition) is 1. The highest BCUT2D eigenvalue weighted by molar-refractivity contribution is 6.42. The molecule has 0 bridgehead atoms. The van der Waals surface area contributed by atoms with E-state index in [0.717, 1.165) is 28.8 Å². The fourth-order valence-electron chi connectivity index (χ4n) is 3.34. The van der Waals surface area contributed by atoms with Gasteiger partial charge in [-0.3, -0.25) is 9.20 Å². The van der Waals surface area contributed by atoms with Crippen molar-refractivity contribution in [3.05, 3.63) is 82.0 Å². The molecule has 0 aliphatic rings. The Bertz CT molecular complexity index is 1270. The second kappa shape index (κ2) is 9.00. The highest BCUT2D eigenvalue weighted by Crippen LogP contribution is 2.33. The van der Waals surface area contributed by atoms with Gasteiger partial charge in [0.05, 0.1) is 10.0 Å². The molecule has 0 spiro atoms. The number of ether oxygens (including phenoxy) is 1. The number of pyridine rings is 1. The number of carbonyl (C=O) groups is 1. The van der Waals surface area contributed by atoms with Crippen LogP contribution in [0.2, 0.25) is 10.0 Å². The molecule has 0 unspecified atom stereocenters. The summed E-state index contributed by atoms with van der Waals surface area (Å²) in [6.07, 6.45) is 2.76. The molecular weight excluding hydrogens is 433 g/mol. The van der Waals surface area contributed by atoms with Crippen LogP contribution in [-0.2, 0) is 11.2 Å². The Morgan fingerprint density at radius 1 is 1.10 bits per heavy atom. The molecule has 0 aliphatic carbocycles. The van der Waals surface area contributed by atoms with Gasteiger partial charge in [0.2, 0.25) is 0 Å². The number of fused-ring (bicyclic) bond motifs is 1. The minimum absolute atomic E-state index is 0.118. The molecule has 2 aromatic heterocycles. The summed E-state index contributed by atoms with van der Waals surface area (Å²) in [7, 11) is 0. The van der Waals surface area contributed by atoms with Gasteiger partial charge in [0.1, 0.15) is 22.9 Å². The molecule has 0 atom stereocenters. The molecule has 158 valence electrons. The van der Waals surface area contributed by atoms with E-state index in [-0.39, 0.29) is 12.5 Å². The maximum absolute atomic E-state index is 12.7. The highest BCUT2D eigenvalue weighted by atomic mass is 35.5. The van der Waals surface area contributed by atoms with E-state index in [4.69, 9.17) is 32.9 Å². The van der Waals surface area contributed by atoms with E-state index in [2.05, 4.69) is 12.2 Å². The molecule has 4 rings (SSSR count). The van der Waals surface area contributed by atoms with Crippen molar-refractivity contribution >= 4 is 40.6 Å². The van der Waals surface area contributed by atoms with Crippen molar-refractivity contribution in [3.8, 4) is 17.0 Å². The van der Waals surface area contributed by atoms with E-state index in [1.165, 1.54) is 0 Å². The van der Waals surface area contributed by atoms with Gasteiger partial charge in [-0.1, -0.05) is 54.4 Å². The summed E-state index contributed by atoms with van der Waals surface area (Å²) in [6.45, 7) is 3.92. The molecule has 0 saturated carbocycles. The van der Waals surface area contributed by atoms with E-state index in [9.17, 15) is 4.79 Å². The molecule has 1 N–H and O–H groups in total. The third kappa shape index (κ3) is 4.53. The average Bonchev–Trinajstić information content (AvgIpc) is 3.14. The third-order valence-corrected chi connectivity index (χ3v) is 5.71. The zero-order valence-corrected chi connectivity index (χ0v) is 18.7. The molecule has 0 radical (unpaired) electrons. The van der Waals surface area contributed by atoms with E-state index < -0.39 is 0 Å². The van der Waals surface area contributed by atoms with Gasteiger partial charge in [0, 0.05) is 11.8 Å². The van der Waals surface area contributed by atoms with Gasteiger partial charge >= 0.3 is 0 Å². The molecule has 1 amide bonds. The van der Waals surface area contributed by atoms with Gasteiger partial charge < -0.3 is 10.1 Å². The zero-order chi connectivity index (χ0) is 22.0. The number of hydrogen-bond acceptors (Lipinski definition) is 3. The SMILES string of the molecule is CCc1cccc(OCC(=O)Nc2c(-c3ccc(Cl)c(Cl)c3)nc3c(C)cccn23)c1. The Labute approximate surface area is 190 Å². The van der Waals surface area contributed by atoms with Crippen molar-refractivity contribution in [1.29, 1.82) is 0 Å². The quantitative estimate of drug-likeness (QED) is 0.378. The fraction of sp³-hybridized carbons (Fsp3) is 0.167. The van der Waals surface area contributed by atoms with Gasteiger partial charge in [-0.15, -0.1) is 0 Å². The zero-order valence-electron chi connectivity index (χ0n) is 17.2. The molecule has 5 nitrogen and oxygen atoms in total. The topological polar surface area (TPSA) is 55.6 Å². The number of amides is 1. The summed E-state index contributed by atoms with van der Waals surface area (Å²) < 4.78 is 7.54. The minimum atomic E-state index is -0.286. The molecule has 2 aromatic carbocycles. The smallest absolute Gasteiger partial charge is 0.263 e. The monoisotopic (exact) mass is 453 g/mol. The first-order valence-electron chi connectivity index (χ1n) is 9.91. The van der Waals surface area contributed by atoms with Gasteiger partial charge in [0.15, 0.2) is 6.61 Å². The van der Waals surface area contributed by atoms with Gasteiger partial charge in [-0.2, -0.15) is 0 Å². The first-order chi connectivity index (χ1) is 15.0. The van der Waals surface area contributed by atoms with Crippen molar-refractivity contribution in [2.24, 2.45) is 0 Å². The van der Waals surface area contributed by atoms with Crippen LogP contribution in [0, 0.1) is 6.92 Å². The molecular formula is C24H21Cl2N3O2. The van der Waals surface area contributed by atoms with Crippen molar-refractivity contribution in [3.63, 3.8) is 0 Å². The summed E-state index contributed by atoms with van der Waals surface area (Å²) in [5.41, 5.74) is 4.24. The third-order valence-electron chi connectivity index (χ3n) is 4.97. The van der Waals surface area contributed by atoms with Crippen LogP contribution in [0.15, 0.2) is 60.8 Å². The number of halogens is 2. The van der Waals surface area contributed by atoms with Gasteiger partial charge in [-0.25, -0.2) is 4.98 Å². The number of carbonyl (C=O) groups excluding carboxylic acids is 1. The van der Waals surface area contributed by atoms with E-state index in [0.29, 0.717) is 27.3 Å². The van der Waals surface area contributed by atoms with Gasteiger partial charge in [-0.05, 0) is 54.8 Å². The average molecular weight is 454 g/mol. The first-order valence-corrected chi connectivity index (χ1v) is 10.7. The molecule has 31 heavy (non-hydrogen) atoms. The first kappa shape index (κ1) is 21.2. The van der Waals surface area contributed by atoms with Crippen LogP contribution in [0.1, 0.15) is 18.1 Å². The van der Waals surface area contributed by atoms with Crippen LogP contribution in [0.3, 0.4) is 0 Å². The summed E-state index contributed by atoms with van der Waals surface area (Å²) >= 11 is 12.3. The molecule has 0 saturated heterocycles. The number of aryl methyl sites for hydroxylation is 2. The van der Waals surface area contributed by atoms with Crippen molar-refractivity contribution in [2.75, 3.05) is 11.9 Å². The summed E-state index contributed by atoms with van der Waals surface area (Å²) in [5, 5.41) is 3.83. The Morgan fingerprint density at radius 3 is 2.71 bits per heavy atom. The number of benzene rings is 2. The number of imidazole rings is 1. The molecule has 0 fully saturated rings. The van der Waals surface area contributed by atoms with Gasteiger partial charge in [0.25, 0.3) is 5.91 Å². The number of nitrogens with one attached hydrogen (secondary N) is 1. The Balaban J connectivity index is 1.64. The lowest BCUT2D eigenvalue weighted by Gasteiger charge is -2.10. The number of nitrogens with zero attached hydrogens (tertiary/aromatic N) is 2. The Kier molecular flexibility index (Phi) is 6.16. The lowest BCUT2D eigenvalue weighted by molar-refractivity contribution is -0.118. The summed E-state index contributed by atoms with van der Waals surface area (Å²) in [5.74, 6) is 0.924. The molecule has 2 heterocycles. The van der Waals surface area contributed by atoms with Crippen LogP contribution < -0.4 is 10.1 Å². The summed E-state index contributed by atoms with van der Waals surface area (Å²) in [6, 6.07) is 16.9. The summed E-state index contributed by atoms with van der Waals surface area (Å²) in [4.78, 5) is 17.5. The number of anilines is 1. The normalized spacial score (nSPS) is 11.0. The van der Waals surface area contributed by atoms with Crippen LogP contribution in [0.5, 0.6) is 5.75 Å². The predicted molar refractivity (Wildman–Crippen MR) is 125 cm³/mol. The molecule has 7 heteroatoms. The minimum Gasteiger partial charge on any atom is -0.484 e. The van der Waals surface area contributed by atoms with E-state index in [1.807, 2.05) is 60.0 Å². The van der Waals surface area contributed by atoms with Crippen LogP contribution in [0.4, 0.5) is 5.82 Å². The second-order valence-corrected chi connectivity index (χ2v) is 7.97. The van der Waals surface area contributed by atoms with E-state index >= 15 is 0 Å². The Hall–Kier alpha value is -3.02. The second-order valence-electron chi connectivity index (χ2n) is 7.16. The van der Waals surface area contributed by atoms with Crippen molar-refractivity contribution < 1.29 is 9.53 Å². The van der Waals surface area contributed by atoms with Crippen LogP contribution >= 0.6 is 23.2 Å². The van der Waals surface area contributed by atoms with E-state index in [1.54, 1.807) is 12.1 Å². The van der Waals surface area contributed by atoms with Crippen LogP contribution in [-0.4, -0.2) is 21.9 Å². The highest BCUT2D eigenvalue weighted by Gasteiger charge is 2.18. The largest absolute Gasteiger partial charge is 0.484 e. The molecule has 4 aromatic rings. The maximum atomic E-state index is 12.7. The van der Waals surface area contributed by atoms with Crippen LogP contribution in [0.25, 0.3) is 16.9 Å². The predicted octanol–water partition coefficient (Wildman–Crippen LogP) is 6.20. The standard InChI is InChI=1S/C24H21Cl2N3O2/c1-3-16-7-4-8-18(12-16)31-14-21(30)27-24-22(17-9-10-19(25)20(26)13-17)28-23-15(2)6-5-11-29(23)24/h4-13H,3,14H2,1-2H3,(H,27,30). The van der Waals surface area contributed by atoms with Crippen molar-refractivity contribution in [2.45, 2.75) is 20.3 Å². The molecule has 0 aliphatic heterocycles. The lowest BCUT2D eigenvalue weighted by atomic mass is 10.1. The number of rotatable bonds is 6. The van der Waals surface area contributed by atoms with Crippen molar-refractivity contribution in [1.82, 2.24) is 9.38 Å². The number of aromatic nitrogens is 2. The fourth-order valence-corrected chi connectivity index (χ4v) is 3.64. The lowest BCUT2D eigenvalue weighted by Crippen LogP contribution is -2.21. The maximum Gasteiger partial charge on any atom is 0.263 e.